The van der Waals surface area contributed by atoms with Crippen LogP contribution in [-0.4, -0.2) is 64.7 Å². The predicted octanol–water partition coefficient (Wildman–Crippen LogP) is 2.05. The third kappa shape index (κ3) is 6.00. The van der Waals surface area contributed by atoms with Gasteiger partial charge in [0.05, 0.1) is 0 Å². The number of hydrogen-bond donors (Lipinski definition) is 1. The monoisotopic (exact) mass is 382 g/mol. The Morgan fingerprint density at radius 1 is 1.07 bits per heavy atom. The molecule has 2 rings (SSSR count). The summed E-state index contributed by atoms with van der Waals surface area (Å²) in [5, 5.41) is 9.66. The first-order chi connectivity index (χ1) is 12.5. The van der Waals surface area contributed by atoms with Crippen LogP contribution in [0.3, 0.4) is 0 Å². The average molecular weight is 382 g/mol. The summed E-state index contributed by atoms with van der Waals surface area (Å²) < 4.78 is 37.8. The molecule has 1 aromatic carbocycles. The van der Waals surface area contributed by atoms with Crippen molar-refractivity contribution in [1.29, 1.82) is 0 Å². The van der Waals surface area contributed by atoms with Gasteiger partial charge in [-0.05, 0) is 38.5 Å². The van der Waals surface area contributed by atoms with Gasteiger partial charge in [-0.15, -0.1) is 0 Å². The van der Waals surface area contributed by atoms with Crippen LogP contribution in [0.15, 0.2) is 24.3 Å². The van der Waals surface area contributed by atoms with Crippen molar-refractivity contribution in [2.75, 3.05) is 26.2 Å². The van der Waals surface area contributed by atoms with Crippen LogP contribution >= 0.6 is 0 Å². The zero-order chi connectivity index (χ0) is 20.2. The van der Waals surface area contributed by atoms with Crippen LogP contribution in [0.4, 0.5) is 13.2 Å². The maximum atomic E-state index is 12.7. The van der Waals surface area contributed by atoms with Crippen molar-refractivity contribution in [3.8, 4) is 11.8 Å². The second kappa shape index (κ2) is 8.01. The Kier molecular flexibility index (Phi) is 6.16. The lowest BCUT2D eigenvalue weighted by Crippen LogP contribution is -2.43. The van der Waals surface area contributed by atoms with Gasteiger partial charge < -0.3 is 14.9 Å². The zero-order valence-electron chi connectivity index (χ0n) is 15.1. The number of carbonyl (C=O) groups is 2. The molecular formula is C19H21F3N2O3. The molecule has 5 nitrogen and oxygen atoms in total. The lowest BCUT2D eigenvalue weighted by molar-refractivity contribution is -0.185. The third-order valence-electron chi connectivity index (χ3n) is 3.94. The number of alkyl halides is 3. The first-order valence-corrected chi connectivity index (χ1v) is 8.48. The average Bonchev–Trinajstić information content (AvgIpc) is 2.83. The molecule has 0 spiro atoms. The Labute approximate surface area is 155 Å². The molecule has 0 atom stereocenters. The minimum Gasteiger partial charge on any atom is -0.378 e. The van der Waals surface area contributed by atoms with Crippen molar-refractivity contribution in [2.45, 2.75) is 32.0 Å². The van der Waals surface area contributed by atoms with Gasteiger partial charge in [-0.2, -0.15) is 13.2 Å². The van der Waals surface area contributed by atoms with E-state index in [1.165, 1.54) is 4.90 Å². The Morgan fingerprint density at radius 3 is 2.33 bits per heavy atom. The molecule has 0 unspecified atom stereocenters. The van der Waals surface area contributed by atoms with Gasteiger partial charge in [0.15, 0.2) is 0 Å². The number of nitrogens with zero attached hydrogens (tertiary/aromatic N) is 2. The molecule has 1 saturated heterocycles. The molecule has 0 aliphatic carbocycles. The van der Waals surface area contributed by atoms with Gasteiger partial charge in [0.1, 0.15) is 5.60 Å². The lowest BCUT2D eigenvalue weighted by atomic mass is 10.1. The van der Waals surface area contributed by atoms with Gasteiger partial charge in [0, 0.05) is 37.3 Å². The smallest absolute Gasteiger partial charge is 0.378 e. The molecule has 1 aliphatic rings. The van der Waals surface area contributed by atoms with Gasteiger partial charge in [0.25, 0.3) is 5.91 Å². The fourth-order valence-electron chi connectivity index (χ4n) is 2.64. The Balaban J connectivity index is 2.10. The first kappa shape index (κ1) is 20.8. The number of aliphatic hydroxyl groups is 1. The summed E-state index contributed by atoms with van der Waals surface area (Å²) in [6, 6.07) is 6.52. The third-order valence-corrected chi connectivity index (χ3v) is 3.94. The van der Waals surface area contributed by atoms with Crippen molar-refractivity contribution in [3.05, 3.63) is 35.4 Å². The van der Waals surface area contributed by atoms with Crippen molar-refractivity contribution < 1.29 is 27.9 Å². The highest BCUT2D eigenvalue weighted by Crippen LogP contribution is 2.20. The molecule has 1 N–H and O–H groups in total. The first-order valence-electron chi connectivity index (χ1n) is 8.48. The van der Waals surface area contributed by atoms with E-state index in [9.17, 15) is 27.9 Å². The van der Waals surface area contributed by atoms with Crippen molar-refractivity contribution in [2.24, 2.45) is 0 Å². The van der Waals surface area contributed by atoms with E-state index in [1.54, 1.807) is 38.1 Å². The second-order valence-electron chi connectivity index (χ2n) is 6.83. The van der Waals surface area contributed by atoms with Crippen LogP contribution in [0, 0.1) is 11.8 Å². The molecule has 1 fully saturated rings. The minimum atomic E-state index is -4.91. The Bertz CT molecular complexity index is 773. The van der Waals surface area contributed by atoms with E-state index in [4.69, 9.17) is 0 Å². The molecule has 27 heavy (non-hydrogen) atoms. The number of hydrogen-bond acceptors (Lipinski definition) is 3. The quantitative estimate of drug-likeness (QED) is 0.757. The summed E-state index contributed by atoms with van der Waals surface area (Å²) in [4.78, 5) is 26.2. The normalized spacial score (nSPS) is 15.6. The number of benzene rings is 1. The Morgan fingerprint density at radius 2 is 1.70 bits per heavy atom. The standard InChI is InChI=1S/C19H21F3N2O3/c1-18(2,27)8-7-14-5-3-6-15(13-14)16(25)23-9-4-10-24(12-11-23)17(26)19(20,21)22/h3,5-6,13,27H,4,9-12H2,1-2H3. The molecule has 0 radical (unpaired) electrons. The van der Waals surface area contributed by atoms with Crippen molar-refractivity contribution in [3.63, 3.8) is 0 Å². The minimum absolute atomic E-state index is 0.0280. The highest BCUT2D eigenvalue weighted by atomic mass is 19.4. The Hall–Kier alpha value is -2.53. The fourth-order valence-corrected chi connectivity index (χ4v) is 2.64. The van der Waals surface area contributed by atoms with E-state index in [2.05, 4.69) is 11.8 Å². The molecule has 0 aromatic heterocycles. The fraction of sp³-hybridized carbons (Fsp3) is 0.474. The summed E-state index contributed by atoms with van der Waals surface area (Å²) in [6.45, 7) is 3.17. The van der Waals surface area contributed by atoms with E-state index in [0.717, 1.165) is 4.90 Å². The molecule has 8 heteroatoms. The topological polar surface area (TPSA) is 60.9 Å². The van der Waals surface area contributed by atoms with Crippen LogP contribution in [0.5, 0.6) is 0 Å². The van der Waals surface area contributed by atoms with E-state index in [-0.39, 0.29) is 38.5 Å². The van der Waals surface area contributed by atoms with Gasteiger partial charge in [0.2, 0.25) is 0 Å². The van der Waals surface area contributed by atoms with E-state index < -0.39 is 17.7 Å². The molecule has 1 aliphatic heterocycles. The number of rotatable bonds is 1. The molecule has 1 aromatic rings. The largest absolute Gasteiger partial charge is 0.471 e. The molecular weight excluding hydrogens is 361 g/mol. The molecule has 0 saturated carbocycles. The summed E-state index contributed by atoms with van der Waals surface area (Å²) >= 11 is 0. The van der Waals surface area contributed by atoms with Crippen LogP contribution in [0.1, 0.15) is 36.2 Å². The lowest BCUT2D eigenvalue weighted by Gasteiger charge is -2.23. The maximum absolute atomic E-state index is 12.7. The highest BCUT2D eigenvalue weighted by Gasteiger charge is 2.42. The zero-order valence-corrected chi connectivity index (χ0v) is 15.1. The van der Waals surface area contributed by atoms with Crippen LogP contribution in [-0.2, 0) is 4.79 Å². The molecule has 0 bridgehead atoms. The highest BCUT2D eigenvalue weighted by molar-refractivity contribution is 5.94. The molecule has 2 amide bonds. The second-order valence-corrected chi connectivity index (χ2v) is 6.83. The summed E-state index contributed by atoms with van der Waals surface area (Å²) in [6.07, 6.45) is -4.64. The van der Waals surface area contributed by atoms with E-state index >= 15 is 0 Å². The van der Waals surface area contributed by atoms with Crippen LogP contribution in [0.2, 0.25) is 0 Å². The molecule has 146 valence electrons. The predicted molar refractivity (Wildman–Crippen MR) is 92.8 cm³/mol. The van der Waals surface area contributed by atoms with Crippen molar-refractivity contribution in [1.82, 2.24) is 9.80 Å². The number of carbonyl (C=O) groups excluding carboxylic acids is 2. The van der Waals surface area contributed by atoms with Crippen LogP contribution < -0.4 is 0 Å². The summed E-state index contributed by atoms with van der Waals surface area (Å²) in [5.41, 5.74) is -0.265. The van der Waals surface area contributed by atoms with Gasteiger partial charge >= 0.3 is 12.1 Å². The van der Waals surface area contributed by atoms with E-state index in [0.29, 0.717) is 11.1 Å². The number of halogens is 3. The van der Waals surface area contributed by atoms with Crippen LogP contribution in [0.25, 0.3) is 0 Å². The number of amides is 2. The maximum Gasteiger partial charge on any atom is 0.471 e. The summed E-state index contributed by atoms with van der Waals surface area (Å²) in [7, 11) is 0. The van der Waals surface area contributed by atoms with Crippen molar-refractivity contribution >= 4 is 11.8 Å². The van der Waals surface area contributed by atoms with Gasteiger partial charge in [-0.25, -0.2) is 0 Å². The SMILES string of the molecule is CC(C)(O)C#Cc1cccc(C(=O)N2CCCN(C(=O)C(F)(F)F)CC2)c1. The van der Waals surface area contributed by atoms with Gasteiger partial charge in [-0.3, -0.25) is 9.59 Å². The summed E-state index contributed by atoms with van der Waals surface area (Å²) in [5.74, 6) is 3.24. The molecule has 1 heterocycles. The van der Waals surface area contributed by atoms with E-state index in [1.807, 2.05) is 0 Å². The van der Waals surface area contributed by atoms with Gasteiger partial charge in [-0.1, -0.05) is 17.9 Å².